The third-order valence-electron chi connectivity index (χ3n) is 2.46. The Hall–Kier alpha value is -1.26. The average molecular weight is 199 g/mol. The molecule has 0 spiro atoms. The topological polar surface area (TPSA) is 52.7 Å². The summed E-state index contributed by atoms with van der Waals surface area (Å²) < 4.78 is 0. The second kappa shape index (κ2) is 3.48. The lowest BCUT2D eigenvalue weighted by Crippen LogP contribution is -2.64. The Labute approximate surface area is 84.0 Å². The summed E-state index contributed by atoms with van der Waals surface area (Å²) in [5, 5.41) is 2.74. The maximum absolute atomic E-state index is 11.7. The molecule has 0 radical (unpaired) electrons. The molecule has 0 aromatic rings. The summed E-state index contributed by atoms with van der Waals surface area (Å²) in [6.45, 7) is 4.60. The summed E-state index contributed by atoms with van der Waals surface area (Å²) in [5.41, 5.74) is -0.750. The standard InChI is InChI=1S/C9H17N3O2/c1-9(2)7(13)10-5-6-12(9)8(14)11(3)4/h5-6H2,1-4H3,(H,10,13). The number of urea groups is 1. The van der Waals surface area contributed by atoms with E-state index in [4.69, 9.17) is 0 Å². The average Bonchev–Trinajstić information content (AvgIpc) is 2.08. The van der Waals surface area contributed by atoms with Gasteiger partial charge in [0.05, 0.1) is 0 Å². The number of rotatable bonds is 0. The number of carbonyl (C=O) groups excluding carboxylic acids is 2. The molecule has 0 bridgehead atoms. The van der Waals surface area contributed by atoms with Crippen LogP contribution in [0.15, 0.2) is 0 Å². The smallest absolute Gasteiger partial charge is 0.320 e. The molecule has 3 amide bonds. The Balaban J connectivity index is 2.87. The van der Waals surface area contributed by atoms with E-state index < -0.39 is 5.54 Å². The number of hydrogen-bond donors (Lipinski definition) is 1. The van der Waals surface area contributed by atoms with Crippen LogP contribution in [0.1, 0.15) is 13.8 Å². The second-order valence-electron chi connectivity index (χ2n) is 4.14. The highest BCUT2D eigenvalue weighted by Gasteiger charge is 2.40. The largest absolute Gasteiger partial charge is 0.352 e. The molecule has 5 heteroatoms. The van der Waals surface area contributed by atoms with E-state index in [1.165, 1.54) is 4.90 Å². The van der Waals surface area contributed by atoms with Crippen molar-refractivity contribution in [2.45, 2.75) is 19.4 Å². The van der Waals surface area contributed by atoms with Crippen molar-refractivity contribution >= 4 is 11.9 Å². The fraction of sp³-hybridized carbons (Fsp3) is 0.778. The first-order chi connectivity index (χ1) is 6.37. The van der Waals surface area contributed by atoms with Crippen molar-refractivity contribution in [1.29, 1.82) is 0 Å². The summed E-state index contributed by atoms with van der Waals surface area (Å²) in [5.74, 6) is -0.0982. The molecule has 1 saturated heterocycles. The van der Waals surface area contributed by atoms with E-state index in [1.54, 1.807) is 32.8 Å². The minimum Gasteiger partial charge on any atom is -0.352 e. The molecule has 1 heterocycles. The maximum Gasteiger partial charge on any atom is 0.320 e. The molecule has 0 saturated carbocycles. The summed E-state index contributed by atoms with van der Waals surface area (Å²) in [7, 11) is 3.37. The molecular formula is C9H17N3O2. The van der Waals surface area contributed by atoms with Gasteiger partial charge in [-0.15, -0.1) is 0 Å². The number of nitrogens with one attached hydrogen (secondary N) is 1. The van der Waals surface area contributed by atoms with Crippen LogP contribution in [0.25, 0.3) is 0 Å². The van der Waals surface area contributed by atoms with Gasteiger partial charge in [0, 0.05) is 27.2 Å². The zero-order valence-electron chi connectivity index (χ0n) is 9.13. The van der Waals surface area contributed by atoms with Gasteiger partial charge < -0.3 is 15.1 Å². The maximum atomic E-state index is 11.7. The lowest BCUT2D eigenvalue weighted by molar-refractivity contribution is -0.133. The number of piperazine rings is 1. The van der Waals surface area contributed by atoms with Crippen molar-refractivity contribution in [2.24, 2.45) is 0 Å². The Morgan fingerprint density at radius 1 is 1.50 bits per heavy atom. The van der Waals surface area contributed by atoms with E-state index in [1.807, 2.05) is 0 Å². The van der Waals surface area contributed by atoms with Gasteiger partial charge in [0.25, 0.3) is 0 Å². The summed E-state index contributed by atoms with van der Waals surface area (Å²) in [6.07, 6.45) is 0. The van der Waals surface area contributed by atoms with E-state index in [0.29, 0.717) is 13.1 Å². The van der Waals surface area contributed by atoms with Gasteiger partial charge in [-0.1, -0.05) is 0 Å². The van der Waals surface area contributed by atoms with Crippen LogP contribution in [-0.4, -0.2) is 54.5 Å². The van der Waals surface area contributed by atoms with E-state index in [9.17, 15) is 9.59 Å². The fourth-order valence-electron chi connectivity index (χ4n) is 1.48. The van der Waals surface area contributed by atoms with Crippen LogP contribution >= 0.6 is 0 Å². The zero-order chi connectivity index (χ0) is 10.9. The lowest BCUT2D eigenvalue weighted by Gasteiger charge is -2.42. The molecule has 5 nitrogen and oxygen atoms in total. The highest BCUT2D eigenvalue weighted by Crippen LogP contribution is 2.18. The normalized spacial score (nSPS) is 20.3. The summed E-state index contributed by atoms with van der Waals surface area (Å²) >= 11 is 0. The highest BCUT2D eigenvalue weighted by molar-refractivity contribution is 5.91. The number of carbonyl (C=O) groups is 2. The third kappa shape index (κ3) is 1.66. The van der Waals surface area contributed by atoms with Crippen LogP contribution in [0, 0.1) is 0 Å². The zero-order valence-corrected chi connectivity index (χ0v) is 9.13. The van der Waals surface area contributed by atoms with Crippen molar-refractivity contribution in [3.63, 3.8) is 0 Å². The van der Waals surface area contributed by atoms with Crippen LogP contribution in [0.2, 0.25) is 0 Å². The summed E-state index contributed by atoms with van der Waals surface area (Å²) in [6, 6.07) is -0.121. The third-order valence-corrected chi connectivity index (χ3v) is 2.46. The van der Waals surface area contributed by atoms with Crippen molar-refractivity contribution < 1.29 is 9.59 Å². The molecule has 0 aromatic carbocycles. The molecule has 0 unspecified atom stereocenters. The molecule has 80 valence electrons. The molecular weight excluding hydrogens is 182 g/mol. The fourth-order valence-corrected chi connectivity index (χ4v) is 1.48. The molecule has 1 fully saturated rings. The van der Waals surface area contributed by atoms with Gasteiger partial charge in [0.15, 0.2) is 0 Å². The highest BCUT2D eigenvalue weighted by atomic mass is 16.2. The lowest BCUT2D eigenvalue weighted by atomic mass is 9.99. The van der Waals surface area contributed by atoms with Crippen LogP contribution in [0.5, 0.6) is 0 Å². The Morgan fingerprint density at radius 2 is 2.07 bits per heavy atom. The van der Waals surface area contributed by atoms with Crippen LogP contribution in [0.4, 0.5) is 4.79 Å². The first-order valence-corrected chi connectivity index (χ1v) is 4.64. The quantitative estimate of drug-likeness (QED) is 0.591. The number of amides is 3. The van der Waals surface area contributed by atoms with Gasteiger partial charge in [-0.2, -0.15) is 0 Å². The van der Waals surface area contributed by atoms with Gasteiger partial charge in [0.1, 0.15) is 5.54 Å². The minimum absolute atomic E-state index is 0.0982. The van der Waals surface area contributed by atoms with Gasteiger partial charge >= 0.3 is 6.03 Å². The van der Waals surface area contributed by atoms with Crippen LogP contribution in [-0.2, 0) is 4.79 Å². The Morgan fingerprint density at radius 3 is 2.57 bits per heavy atom. The first-order valence-electron chi connectivity index (χ1n) is 4.64. The van der Waals surface area contributed by atoms with E-state index in [0.717, 1.165) is 0 Å². The van der Waals surface area contributed by atoms with Gasteiger partial charge in [-0.3, -0.25) is 4.79 Å². The van der Waals surface area contributed by atoms with Crippen molar-refractivity contribution in [3.8, 4) is 0 Å². The number of hydrogen-bond acceptors (Lipinski definition) is 2. The summed E-state index contributed by atoms with van der Waals surface area (Å²) in [4.78, 5) is 26.3. The Kier molecular flexibility index (Phi) is 2.69. The Bertz CT molecular complexity index is 261. The molecule has 1 N–H and O–H groups in total. The van der Waals surface area contributed by atoms with Crippen molar-refractivity contribution in [3.05, 3.63) is 0 Å². The van der Waals surface area contributed by atoms with Crippen molar-refractivity contribution in [1.82, 2.24) is 15.1 Å². The monoisotopic (exact) mass is 199 g/mol. The minimum atomic E-state index is -0.750. The van der Waals surface area contributed by atoms with Gasteiger partial charge in [-0.05, 0) is 13.8 Å². The molecule has 0 aliphatic carbocycles. The molecule has 14 heavy (non-hydrogen) atoms. The molecule has 0 atom stereocenters. The van der Waals surface area contributed by atoms with Crippen LogP contribution in [0.3, 0.4) is 0 Å². The molecule has 1 rings (SSSR count). The van der Waals surface area contributed by atoms with Crippen LogP contribution < -0.4 is 5.32 Å². The second-order valence-corrected chi connectivity index (χ2v) is 4.14. The van der Waals surface area contributed by atoms with E-state index in [2.05, 4.69) is 5.32 Å². The number of nitrogens with zero attached hydrogens (tertiary/aromatic N) is 2. The molecule has 0 aromatic heterocycles. The SMILES string of the molecule is CN(C)C(=O)N1CCNC(=O)C1(C)C. The predicted molar refractivity (Wildman–Crippen MR) is 52.9 cm³/mol. The first kappa shape index (κ1) is 10.8. The molecule has 1 aliphatic heterocycles. The van der Waals surface area contributed by atoms with Gasteiger partial charge in [0.2, 0.25) is 5.91 Å². The molecule has 1 aliphatic rings. The van der Waals surface area contributed by atoms with E-state index >= 15 is 0 Å². The van der Waals surface area contributed by atoms with Crippen molar-refractivity contribution in [2.75, 3.05) is 27.2 Å². The van der Waals surface area contributed by atoms with Gasteiger partial charge in [-0.25, -0.2) is 4.79 Å². The van der Waals surface area contributed by atoms with E-state index in [-0.39, 0.29) is 11.9 Å². The predicted octanol–water partition coefficient (Wildman–Crippen LogP) is -0.122.